The Balaban J connectivity index is 2.36. The highest BCUT2D eigenvalue weighted by Crippen LogP contribution is 2.45. The zero-order valence-corrected chi connectivity index (χ0v) is 14.9. The first-order chi connectivity index (χ1) is 12.4. The molecule has 7 nitrogen and oxygen atoms in total. The molecule has 26 heavy (non-hydrogen) atoms. The van der Waals surface area contributed by atoms with Crippen LogP contribution in [0.15, 0.2) is 44.9 Å². The molecule has 1 atom stereocenters. The summed E-state index contributed by atoms with van der Waals surface area (Å²) in [5.74, 6) is -2.34. The molecule has 0 aliphatic carbocycles. The molecule has 2 aromatic rings. The van der Waals surface area contributed by atoms with Gasteiger partial charge in [-0.3, -0.25) is 4.79 Å². The van der Waals surface area contributed by atoms with E-state index in [9.17, 15) is 14.7 Å². The second-order valence-corrected chi connectivity index (χ2v) is 6.16. The molecule has 0 bridgehead atoms. The zero-order chi connectivity index (χ0) is 19.0. The second kappa shape index (κ2) is 7.03. The van der Waals surface area contributed by atoms with Crippen molar-refractivity contribution in [3.63, 3.8) is 0 Å². The van der Waals surface area contributed by atoms with Crippen molar-refractivity contribution in [3.8, 4) is 5.75 Å². The summed E-state index contributed by atoms with van der Waals surface area (Å²) in [6, 6.07) is 5.87. The van der Waals surface area contributed by atoms with E-state index in [1.54, 1.807) is 18.2 Å². The Kier molecular flexibility index (Phi) is 4.95. The Bertz CT molecular complexity index is 982. The summed E-state index contributed by atoms with van der Waals surface area (Å²) in [7, 11) is 1.18. The van der Waals surface area contributed by atoms with Crippen LogP contribution in [-0.4, -0.2) is 18.2 Å². The van der Waals surface area contributed by atoms with Crippen molar-refractivity contribution in [1.82, 2.24) is 0 Å². The fourth-order valence-corrected chi connectivity index (χ4v) is 3.14. The van der Waals surface area contributed by atoms with Crippen LogP contribution in [0, 0.1) is 0 Å². The molecule has 136 valence electrons. The van der Waals surface area contributed by atoms with Crippen LogP contribution in [0.4, 0.5) is 0 Å². The van der Waals surface area contributed by atoms with Crippen molar-refractivity contribution < 1.29 is 23.8 Å². The van der Waals surface area contributed by atoms with E-state index in [-0.39, 0.29) is 38.8 Å². The van der Waals surface area contributed by atoms with Gasteiger partial charge in [0.15, 0.2) is 5.76 Å². The highest BCUT2D eigenvalue weighted by Gasteiger charge is 2.40. The van der Waals surface area contributed by atoms with Gasteiger partial charge >= 0.3 is 5.97 Å². The van der Waals surface area contributed by atoms with E-state index in [2.05, 4.69) is 0 Å². The number of rotatable bonds is 3. The Morgan fingerprint density at radius 1 is 1.38 bits per heavy atom. The van der Waals surface area contributed by atoms with Gasteiger partial charge in [-0.05, 0) is 11.6 Å². The predicted molar refractivity (Wildman–Crippen MR) is 93.1 cm³/mol. The normalized spacial score (nSPS) is 16.1. The van der Waals surface area contributed by atoms with Gasteiger partial charge in [0.1, 0.15) is 17.9 Å². The number of benzene rings is 1. The van der Waals surface area contributed by atoms with Gasteiger partial charge in [0, 0.05) is 6.07 Å². The molecular formula is C17H13Cl2NO6. The summed E-state index contributed by atoms with van der Waals surface area (Å²) in [5.41, 5.74) is 5.58. The first-order valence-corrected chi connectivity index (χ1v) is 8.12. The second-order valence-electron chi connectivity index (χ2n) is 5.38. The number of ether oxygens (including phenoxy) is 2. The molecule has 0 spiro atoms. The van der Waals surface area contributed by atoms with Crippen LogP contribution in [-0.2, 0) is 16.1 Å². The molecule has 1 aromatic carbocycles. The number of nitrogens with two attached hydrogens (primary N) is 1. The topological polar surface area (TPSA) is 112 Å². The van der Waals surface area contributed by atoms with Crippen molar-refractivity contribution in [3.05, 3.63) is 73.1 Å². The number of hydrogen-bond donors (Lipinski definition) is 2. The highest BCUT2D eigenvalue weighted by atomic mass is 35.5. The fraction of sp³-hybridized carbons (Fsp3) is 0.176. The van der Waals surface area contributed by atoms with E-state index < -0.39 is 23.9 Å². The van der Waals surface area contributed by atoms with Crippen LogP contribution < -0.4 is 15.9 Å². The summed E-state index contributed by atoms with van der Waals surface area (Å²) >= 11 is 12.4. The molecule has 1 aliphatic heterocycles. The van der Waals surface area contributed by atoms with E-state index >= 15 is 0 Å². The van der Waals surface area contributed by atoms with E-state index in [1.165, 1.54) is 7.11 Å². The van der Waals surface area contributed by atoms with Gasteiger partial charge in [0.25, 0.3) is 0 Å². The van der Waals surface area contributed by atoms with Crippen LogP contribution in [0.2, 0.25) is 10.0 Å². The first-order valence-electron chi connectivity index (χ1n) is 7.36. The average molecular weight is 398 g/mol. The number of hydrogen-bond acceptors (Lipinski definition) is 7. The lowest BCUT2D eigenvalue weighted by molar-refractivity contribution is -0.136. The lowest BCUT2D eigenvalue weighted by atomic mass is 9.86. The molecule has 0 radical (unpaired) electrons. The van der Waals surface area contributed by atoms with Gasteiger partial charge in [-0.15, -0.1) is 0 Å². The Morgan fingerprint density at radius 2 is 2.12 bits per heavy atom. The van der Waals surface area contributed by atoms with Gasteiger partial charge in [-0.1, -0.05) is 35.3 Å². The highest BCUT2D eigenvalue weighted by molar-refractivity contribution is 6.42. The third-order valence-corrected chi connectivity index (χ3v) is 4.70. The fourth-order valence-electron chi connectivity index (χ4n) is 2.73. The van der Waals surface area contributed by atoms with E-state index in [0.29, 0.717) is 5.56 Å². The van der Waals surface area contributed by atoms with E-state index in [1.807, 2.05) is 0 Å². The van der Waals surface area contributed by atoms with Gasteiger partial charge in [0.05, 0.1) is 23.1 Å². The number of esters is 1. The van der Waals surface area contributed by atoms with Gasteiger partial charge < -0.3 is 24.7 Å². The average Bonchev–Trinajstić information content (AvgIpc) is 2.63. The van der Waals surface area contributed by atoms with Crippen molar-refractivity contribution in [2.24, 2.45) is 5.73 Å². The zero-order valence-electron chi connectivity index (χ0n) is 13.4. The van der Waals surface area contributed by atoms with Gasteiger partial charge in [0.2, 0.25) is 17.1 Å². The van der Waals surface area contributed by atoms with E-state index in [4.69, 9.17) is 42.8 Å². The molecule has 0 amide bonds. The van der Waals surface area contributed by atoms with Crippen molar-refractivity contribution >= 4 is 29.2 Å². The minimum Gasteiger partial charge on any atom is -0.465 e. The SMILES string of the molecule is COC(=O)C1=C(N)Oc2c(oc(CO)cc2=O)[C@@H]1c1cccc(Cl)c1Cl. The third-order valence-electron chi connectivity index (χ3n) is 3.86. The van der Waals surface area contributed by atoms with E-state index in [0.717, 1.165) is 6.07 Å². The Hall–Kier alpha value is -2.48. The van der Waals surface area contributed by atoms with Crippen LogP contribution in [0.5, 0.6) is 5.75 Å². The molecule has 1 aliphatic rings. The van der Waals surface area contributed by atoms with Crippen molar-refractivity contribution in [2.75, 3.05) is 7.11 Å². The third kappa shape index (κ3) is 2.94. The maximum absolute atomic E-state index is 12.3. The standard InChI is InChI=1S/C17H13Cl2NO6/c1-24-17(23)12-11(8-3-2-4-9(18)13(8)19)15-14(26-16(12)20)10(22)5-7(6-21)25-15/h2-5,11,21H,6,20H2,1H3/t11-/m1/s1. The summed E-state index contributed by atoms with van der Waals surface area (Å²) < 4.78 is 15.7. The minimum atomic E-state index is -1.00. The monoisotopic (exact) mass is 397 g/mol. The van der Waals surface area contributed by atoms with Crippen molar-refractivity contribution in [2.45, 2.75) is 12.5 Å². The van der Waals surface area contributed by atoms with Crippen LogP contribution >= 0.6 is 23.2 Å². The molecule has 0 saturated heterocycles. The number of aliphatic hydroxyl groups is 1. The summed E-state index contributed by atoms with van der Waals surface area (Å²) in [4.78, 5) is 24.6. The molecule has 2 heterocycles. The first kappa shape index (κ1) is 18.3. The molecular weight excluding hydrogens is 385 g/mol. The summed E-state index contributed by atoms with van der Waals surface area (Å²) in [5, 5.41) is 9.73. The molecule has 0 fully saturated rings. The number of aliphatic hydroxyl groups excluding tert-OH is 1. The molecule has 3 rings (SSSR count). The maximum atomic E-state index is 12.3. The Labute approximate surface area is 157 Å². The van der Waals surface area contributed by atoms with Crippen LogP contribution in [0.1, 0.15) is 23.0 Å². The molecule has 9 heteroatoms. The quantitative estimate of drug-likeness (QED) is 0.763. The maximum Gasteiger partial charge on any atom is 0.340 e. The Morgan fingerprint density at radius 3 is 2.77 bits per heavy atom. The van der Waals surface area contributed by atoms with Crippen LogP contribution in [0.25, 0.3) is 0 Å². The minimum absolute atomic E-state index is 0.00909. The molecule has 0 unspecified atom stereocenters. The summed E-state index contributed by atoms with van der Waals surface area (Å²) in [6.45, 7) is -0.523. The molecule has 0 saturated carbocycles. The van der Waals surface area contributed by atoms with Crippen molar-refractivity contribution in [1.29, 1.82) is 0 Å². The number of fused-ring (bicyclic) bond motifs is 1. The number of methoxy groups -OCH3 is 1. The number of carbonyl (C=O) groups is 1. The predicted octanol–water partition coefficient (Wildman–Crippen LogP) is 2.31. The smallest absolute Gasteiger partial charge is 0.340 e. The summed E-state index contributed by atoms with van der Waals surface area (Å²) in [6.07, 6.45) is 0. The van der Waals surface area contributed by atoms with Gasteiger partial charge in [-0.25, -0.2) is 4.79 Å². The van der Waals surface area contributed by atoms with Crippen LogP contribution in [0.3, 0.4) is 0 Å². The lowest BCUT2D eigenvalue weighted by Crippen LogP contribution is -2.30. The molecule has 1 aromatic heterocycles. The largest absolute Gasteiger partial charge is 0.465 e. The number of carbonyl (C=O) groups excluding carboxylic acids is 1. The number of halogens is 2. The molecule has 3 N–H and O–H groups in total. The lowest BCUT2D eigenvalue weighted by Gasteiger charge is -2.27. The van der Waals surface area contributed by atoms with Gasteiger partial charge in [-0.2, -0.15) is 0 Å².